The van der Waals surface area contributed by atoms with Crippen LogP contribution in [0.1, 0.15) is 12.5 Å². The molecule has 0 fully saturated rings. The molecule has 0 aliphatic carbocycles. The van der Waals surface area contributed by atoms with Crippen molar-refractivity contribution in [3.8, 4) is 0 Å². The first kappa shape index (κ1) is 18.2. The van der Waals surface area contributed by atoms with Crippen molar-refractivity contribution in [3.05, 3.63) is 29.8 Å². The molecule has 1 rings (SSSR count). The Morgan fingerprint density at radius 1 is 1.05 bits per heavy atom. The van der Waals surface area contributed by atoms with Gasteiger partial charge in [0.15, 0.2) is 0 Å². The number of thioether (sulfide) groups is 2. The molecular formula is C13H21O3S3Si-. The van der Waals surface area contributed by atoms with Gasteiger partial charge in [0.2, 0.25) is 0 Å². The number of hydrogen-bond acceptors (Lipinski definition) is 6. The summed E-state index contributed by atoms with van der Waals surface area (Å²) in [7, 11) is 1.86. The van der Waals surface area contributed by atoms with Crippen molar-refractivity contribution in [3.63, 3.8) is 0 Å². The molecule has 0 aliphatic rings. The van der Waals surface area contributed by atoms with E-state index in [1.165, 1.54) is 5.56 Å². The maximum absolute atomic E-state index is 5.49. The third-order valence-corrected chi connectivity index (χ3v) is 8.65. The van der Waals surface area contributed by atoms with Gasteiger partial charge < -0.3 is 0 Å². The van der Waals surface area contributed by atoms with Gasteiger partial charge in [-0.15, -0.1) is 0 Å². The molecule has 0 aromatic heterocycles. The molecule has 0 N–H and O–H groups in total. The first-order chi connectivity index (χ1) is 9.61. The maximum atomic E-state index is 5.49. The Morgan fingerprint density at radius 2 is 1.60 bits per heavy atom. The second-order valence-electron chi connectivity index (χ2n) is 4.06. The van der Waals surface area contributed by atoms with Crippen molar-refractivity contribution >= 4 is 53.3 Å². The van der Waals surface area contributed by atoms with Gasteiger partial charge in [0.05, 0.1) is 0 Å². The Labute approximate surface area is 136 Å². The van der Waals surface area contributed by atoms with Crippen LogP contribution in [0.2, 0.25) is 0 Å². The molecule has 1 aromatic carbocycles. The zero-order chi connectivity index (χ0) is 15.0. The standard InChI is InChI=1S/C13H21O3S3Si/c1-5-18-13(17)19-10-11-6-8-12(9-7-11)20(14-2,15-3)16-4/h6-9,20H,5,10H2,1-4H3/q-1. The number of hydrogen-bond donors (Lipinski definition) is 0. The number of rotatable bonds is 7. The van der Waals surface area contributed by atoms with Crippen LogP contribution in [0.15, 0.2) is 24.3 Å². The molecule has 0 heterocycles. The van der Waals surface area contributed by atoms with Gasteiger partial charge in [-0.25, -0.2) is 0 Å². The molecule has 0 saturated carbocycles. The van der Waals surface area contributed by atoms with Gasteiger partial charge in [-0.2, -0.15) is 0 Å². The van der Waals surface area contributed by atoms with E-state index in [2.05, 4.69) is 19.1 Å². The monoisotopic (exact) mass is 349 g/mol. The molecule has 0 unspecified atom stereocenters. The van der Waals surface area contributed by atoms with Gasteiger partial charge in [0, 0.05) is 0 Å². The van der Waals surface area contributed by atoms with E-state index in [1.807, 2.05) is 12.1 Å². The molecule has 0 radical (unpaired) electrons. The molecule has 1 aromatic rings. The summed E-state index contributed by atoms with van der Waals surface area (Å²) in [4.78, 5) is 0. The molecule has 0 amide bonds. The zero-order valence-electron chi connectivity index (χ0n) is 12.3. The Hall–Kier alpha value is 0.107. The fourth-order valence-electron chi connectivity index (χ4n) is 1.85. The van der Waals surface area contributed by atoms with E-state index in [9.17, 15) is 0 Å². The summed E-state index contributed by atoms with van der Waals surface area (Å²) >= 11 is 8.68. The minimum absolute atomic E-state index is 0.886. The molecule has 20 heavy (non-hydrogen) atoms. The Bertz CT molecular complexity index is 413. The predicted octanol–water partition coefficient (Wildman–Crippen LogP) is 2.78. The fraction of sp³-hybridized carbons (Fsp3) is 0.462. The topological polar surface area (TPSA) is 27.7 Å². The van der Waals surface area contributed by atoms with Gasteiger partial charge in [0.1, 0.15) is 0 Å². The first-order valence-electron chi connectivity index (χ1n) is 6.29. The SMILES string of the molecule is CCSC(=S)SCc1ccc([SiH-](OC)(OC)OC)cc1. The Kier molecular flexibility index (Phi) is 8.34. The fourth-order valence-corrected chi connectivity index (χ4v) is 6.01. The number of thiocarbonyl (C=S) groups is 1. The first-order valence-corrected chi connectivity index (χ1v) is 10.7. The average Bonchev–Trinajstić information content (AvgIpc) is 2.49. The van der Waals surface area contributed by atoms with Crippen LogP contribution in [-0.2, 0) is 19.0 Å². The van der Waals surface area contributed by atoms with E-state index in [-0.39, 0.29) is 0 Å². The van der Waals surface area contributed by atoms with Crippen molar-refractivity contribution in [2.75, 3.05) is 27.1 Å². The minimum atomic E-state index is -3.02. The van der Waals surface area contributed by atoms with Crippen LogP contribution >= 0.6 is 35.7 Å². The summed E-state index contributed by atoms with van der Waals surface area (Å²) in [6.45, 7) is 2.11. The van der Waals surface area contributed by atoms with E-state index >= 15 is 0 Å². The van der Waals surface area contributed by atoms with Crippen LogP contribution in [0.5, 0.6) is 0 Å². The van der Waals surface area contributed by atoms with Crippen molar-refractivity contribution in [2.45, 2.75) is 12.7 Å². The third kappa shape index (κ3) is 4.83. The van der Waals surface area contributed by atoms with Crippen LogP contribution in [0.25, 0.3) is 0 Å². The normalized spacial score (nSPS) is 12.4. The van der Waals surface area contributed by atoms with Crippen LogP contribution in [0, 0.1) is 0 Å². The van der Waals surface area contributed by atoms with Crippen molar-refractivity contribution in [1.82, 2.24) is 0 Å². The zero-order valence-corrected chi connectivity index (χ0v) is 15.9. The second-order valence-corrected chi connectivity index (χ2v) is 10.9. The summed E-state index contributed by atoms with van der Waals surface area (Å²) < 4.78 is 17.4. The van der Waals surface area contributed by atoms with Gasteiger partial charge in [-0.05, 0) is 0 Å². The molecule has 0 spiro atoms. The van der Waals surface area contributed by atoms with E-state index in [0.29, 0.717) is 0 Å². The van der Waals surface area contributed by atoms with Gasteiger partial charge in [-0.1, -0.05) is 0 Å². The Balaban J connectivity index is 2.71. The summed E-state index contributed by atoms with van der Waals surface area (Å²) in [5.41, 5.74) is 1.23. The average molecular weight is 350 g/mol. The summed E-state index contributed by atoms with van der Waals surface area (Å²) in [5, 5.41) is 0.990. The molecule has 3 nitrogen and oxygen atoms in total. The van der Waals surface area contributed by atoms with Crippen molar-refractivity contribution < 1.29 is 13.3 Å². The van der Waals surface area contributed by atoms with Crippen LogP contribution in [0.4, 0.5) is 0 Å². The van der Waals surface area contributed by atoms with Crippen LogP contribution in [-0.4, -0.2) is 39.4 Å². The van der Waals surface area contributed by atoms with Gasteiger partial charge in [0.25, 0.3) is 0 Å². The van der Waals surface area contributed by atoms with E-state index in [0.717, 1.165) is 20.2 Å². The van der Waals surface area contributed by atoms with E-state index in [4.69, 9.17) is 25.5 Å². The molecule has 0 saturated heterocycles. The summed E-state index contributed by atoms with van der Waals surface area (Å²) in [6, 6.07) is 8.20. The van der Waals surface area contributed by atoms with Gasteiger partial charge in [-0.3, -0.25) is 0 Å². The summed E-state index contributed by atoms with van der Waals surface area (Å²) in [6.07, 6.45) is 0. The molecule has 7 heteroatoms. The molecule has 114 valence electrons. The molecular weight excluding hydrogens is 328 g/mol. The summed E-state index contributed by atoms with van der Waals surface area (Å²) in [5.74, 6) is 1.91. The quantitative estimate of drug-likeness (QED) is 0.555. The predicted molar refractivity (Wildman–Crippen MR) is 96.3 cm³/mol. The third-order valence-electron chi connectivity index (χ3n) is 2.94. The molecule has 0 aliphatic heterocycles. The van der Waals surface area contributed by atoms with Gasteiger partial charge >= 0.3 is 136 Å². The van der Waals surface area contributed by atoms with Crippen LogP contribution in [0.3, 0.4) is 0 Å². The second kappa shape index (κ2) is 9.19. The van der Waals surface area contributed by atoms with Crippen molar-refractivity contribution in [2.24, 2.45) is 0 Å². The van der Waals surface area contributed by atoms with Crippen LogP contribution < -0.4 is 5.19 Å². The molecule has 0 bridgehead atoms. The number of benzene rings is 1. The Morgan fingerprint density at radius 3 is 2.05 bits per heavy atom. The van der Waals surface area contributed by atoms with E-state index < -0.39 is 8.80 Å². The van der Waals surface area contributed by atoms with E-state index in [1.54, 1.807) is 44.9 Å². The molecule has 0 atom stereocenters. The van der Waals surface area contributed by atoms with Crippen molar-refractivity contribution in [1.29, 1.82) is 0 Å².